The van der Waals surface area contributed by atoms with Crippen molar-refractivity contribution in [1.82, 2.24) is 10.2 Å². The summed E-state index contributed by atoms with van der Waals surface area (Å²) in [6.45, 7) is 1.50. The van der Waals surface area contributed by atoms with Crippen LogP contribution >= 0.6 is 0 Å². The molecule has 1 heterocycles. The number of nitrogens with zero attached hydrogens (tertiary/aromatic N) is 2. The summed E-state index contributed by atoms with van der Waals surface area (Å²) in [6.07, 6.45) is -0.901. The van der Waals surface area contributed by atoms with Gasteiger partial charge < -0.3 is 25.4 Å². The van der Waals surface area contributed by atoms with Crippen LogP contribution in [-0.2, 0) is 36.9 Å². The van der Waals surface area contributed by atoms with Gasteiger partial charge in [-0.2, -0.15) is 0 Å². The Labute approximate surface area is 204 Å². The maximum absolute atomic E-state index is 13.3. The molecule has 186 valence electrons. The van der Waals surface area contributed by atoms with Crippen molar-refractivity contribution in [3.63, 3.8) is 0 Å². The van der Waals surface area contributed by atoms with E-state index < -0.39 is 36.1 Å². The highest BCUT2D eigenvalue weighted by Gasteiger charge is 2.38. The number of hydrogen-bond acceptors (Lipinski definition) is 8. The molecule has 2 aromatic carbocycles. The van der Waals surface area contributed by atoms with Crippen LogP contribution < -0.4 is 11.1 Å². The maximum atomic E-state index is 13.3. The Morgan fingerprint density at radius 1 is 1.11 bits per heavy atom. The van der Waals surface area contributed by atoms with Crippen molar-refractivity contribution >= 4 is 23.8 Å². The molecule has 0 aliphatic carbocycles. The van der Waals surface area contributed by atoms with Gasteiger partial charge in [0.05, 0.1) is 26.1 Å². The van der Waals surface area contributed by atoms with E-state index in [-0.39, 0.29) is 19.6 Å². The van der Waals surface area contributed by atoms with Crippen LogP contribution in [0.5, 0.6) is 0 Å². The van der Waals surface area contributed by atoms with Gasteiger partial charge in [-0.15, -0.1) is 0 Å². The second kappa shape index (κ2) is 12.5. The maximum Gasteiger partial charge on any atom is 0.417 e. The molecule has 0 bridgehead atoms. The molecule has 10 nitrogen and oxygen atoms in total. The first-order valence-corrected chi connectivity index (χ1v) is 11.3. The third-order valence-corrected chi connectivity index (χ3v) is 5.36. The number of amides is 3. The number of carbonyl (C=O) groups excluding carboxylic acids is 3. The molecule has 3 atom stereocenters. The van der Waals surface area contributed by atoms with Crippen LogP contribution in [0.4, 0.5) is 4.79 Å². The smallest absolute Gasteiger partial charge is 0.417 e. The van der Waals surface area contributed by atoms with E-state index in [1.165, 1.54) is 14.0 Å². The summed E-state index contributed by atoms with van der Waals surface area (Å²) in [6, 6.07) is 15.9. The number of nitrogens with one attached hydrogen (secondary N) is 1. The molecule has 3 amide bonds. The molecular weight excluding hydrogens is 452 g/mol. The highest BCUT2D eigenvalue weighted by Crippen LogP contribution is 2.15. The molecule has 0 aromatic heterocycles. The summed E-state index contributed by atoms with van der Waals surface area (Å²) in [5, 5.41) is 6.54. The molecule has 0 saturated heterocycles. The lowest BCUT2D eigenvalue weighted by Gasteiger charge is -2.30. The van der Waals surface area contributed by atoms with Gasteiger partial charge in [-0.25, -0.2) is 9.69 Å². The molecule has 1 aliphatic rings. The first-order chi connectivity index (χ1) is 16.9. The van der Waals surface area contributed by atoms with E-state index in [1.54, 1.807) is 12.1 Å². The third kappa shape index (κ3) is 7.28. The number of benzene rings is 2. The summed E-state index contributed by atoms with van der Waals surface area (Å²) in [7, 11) is 1.48. The van der Waals surface area contributed by atoms with Crippen molar-refractivity contribution in [1.29, 1.82) is 0 Å². The number of methoxy groups -OCH3 is 1. The summed E-state index contributed by atoms with van der Waals surface area (Å²) >= 11 is 0. The van der Waals surface area contributed by atoms with Crippen molar-refractivity contribution in [2.75, 3.05) is 13.7 Å². The molecule has 0 spiro atoms. The summed E-state index contributed by atoms with van der Waals surface area (Å²) in [5.41, 5.74) is 7.34. The molecule has 3 rings (SSSR count). The molecular formula is C25H30N4O6. The number of rotatable bonds is 9. The normalized spacial score (nSPS) is 16.3. The monoisotopic (exact) mass is 482 g/mol. The zero-order valence-corrected chi connectivity index (χ0v) is 19.8. The molecule has 0 fully saturated rings. The predicted octanol–water partition coefficient (Wildman–Crippen LogP) is 1.98. The highest BCUT2D eigenvalue weighted by molar-refractivity contribution is 6.00. The minimum absolute atomic E-state index is 0.0604. The Morgan fingerprint density at radius 2 is 1.74 bits per heavy atom. The van der Waals surface area contributed by atoms with Crippen LogP contribution in [0.1, 0.15) is 24.5 Å². The fraction of sp³-hybridized carbons (Fsp3) is 0.360. The van der Waals surface area contributed by atoms with Gasteiger partial charge in [0.1, 0.15) is 12.6 Å². The lowest BCUT2D eigenvalue weighted by Crippen LogP contribution is -2.57. The zero-order chi connectivity index (χ0) is 25.2. The summed E-state index contributed by atoms with van der Waals surface area (Å²) in [4.78, 5) is 45.5. The van der Waals surface area contributed by atoms with E-state index in [0.717, 1.165) is 16.0 Å². The van der Waals surface area contributed by atoms with E-state index in [0.29, 0.717) is 12.3 Å². The highest BCUT2D eigenvalue weighted by atomic mass is 16.7. The number of imide groups is 1. The van der Waals surface area contributed by atoms with Crippen molar-refractivity contribution < 1.29 is 28.7 Å². The molecule has 0 saturated carbocycles. The molecule has 35 heavy (non-hydrogen) atoms. The molecule has 1 unspecified atom stereocenters. The van der Waals surface area contributed by atoms with Crippen LogP contribution in [0.25, 0.3) is 0 Å². The van der Waals surface area contributed by atoms with Crippen molar-refractivity contribution in [3.05, 3.63) is 71.8 Å². The topological polar surface area (TPSA) is 133 Å². The van der Waals surface area contributed by atoms with E-state index in [2.05, 4.69) is 10.5 Å². The minimum atomic E-state index is -1.19. The second-order valence-electron chi connectivity index (χ2n) is 8.11. The van der Waals surface area contributed by atoms with Crippen LogP contribution in [0.3, 0.4) is 0 Å². The Kier molecular flexibility index (Phi) is 9.19. The summed E-state index contributed by atoms with van der Waals surface area (Å²) in [5.74, 6) is -0.849. The largest absolute Gasteiger partial charge is 0.482 e. The van der Waals surface area contributed by atoms with Crippen molar-refractivity contribution in [2.45, 2.75) is 44.6 Å². The molecule has 10 heteroatoms. The minimum Gasteiger partial charge on any atom is -0.482 e. The third-order valence-electron chi connectivity index (χ3n) is 5.36. The Hall–Kier alpha value is -3.92. The van der Waals surface area contributed by atoms with E-state index in [9.17, 15) is 14.4 Å². The van der Waals surface area contributed by atoms with Crippen LogP contribution in [0.15, 0.2) is 65.8 Å². The van der Waals surface area contributed by atoms with Crippen molar-refractivity contribution in [2.24, 2.45) is 10.9 Å². The molecule has 1 aliphatic heterocycles. The molecule has 3 N–H and O–H groups in total. The van der Waals surface area contributed by atoms with E-state index in [1.807, 2.05) is 48.5 Å². The van der Waals surface area contributed by atoms with Gasteiger partial charge in [0.2, 0.25) is 17.7 Å². The van der Waals surface area contributed by atoms with E-state index >= 15 is 0 Å². The van der Waals surface area contributed by atoms with E-state index in [4.69, 9.17) is 20.0 Å². The first-order valence-electron chi connectivity index (χ1n) is 11.3. The van der Waals surface area contributed by atoms with Crippen LogP contribution in [-0.4, -0.2) is 60.5 Å². The van der Waals surface area contributed by atoms with Crippen LogP contribution in [0, 0.1) is 0 Å². The number of carbonyl (C=O) groups is 3. The Balaban J connectivity index is 1.79. The average molecular weight is 483 g/mol. The zero-order valence-electron chi connectivity index (χ0n) is 19.8. The fourth-order valence-electron chi connectivity index (χ4n) is 3.48. The van der Waals surface area contributed by atoms with Crippen LogP contribution in [0.2, 0.25) is 0 Å². The quantitative estimate of drug-likeness (QED) is 0.558. The van der Waals surface area contributed by atoms with Gasteiger partial charge >= 0.3 is 6.09 Å². The number of oxime groups is 1. The van der Waals surface area contributed by atoms with Gasteiger partial charge in [0, 0.05) is 6.42 Å². The molecule has 0 radical (unpaired) electrons. The fourth-order valence-corrected chi connectivity index (χ4v) is 3.48. The number of hydrogen-bond donors (Lipinski definition) is 2. The average Bonchev–Trinajstić information content (AvgIpc) is 3.35. The Bertz CT molecular complexity index is 1030. The predicted molar refractivity (Wildman–Crippen MR) is 128 cm³/mol. The van der Waals surface area contributed by atoms with Gasteiger partial charge in [-0.3, -0.25) is 9.59 Å². The summed E-state index contributed by atoms with van der Waals surface area (Å²) < 4.78 is 10.5. The number of ether oxygens (including phenoxy) is 2. The van der Waals surface area contributed by atoms with Gasteiger partial charge in [0.25, 0.3) is 0 Å². The first kappa shape index (κ1) is 25.7. The van der Waals surface area contributed by atoms with Gasteiger partial charge in [0.15, 0.2) is 6.10 Å². The molecule has 2 aromatic rings. The lowest BCUT2D eigenvalue weighted by molar-refractivity contribution is -0.139. The number of nitrogens with two attached hydrogens (primary N) is 1. The second-order valence-corrected chi connectivity index (χ2v) is 8.11. The Morgan fingerprint density at radius 3 is 2.31 bits per heavy atom. The van der Waals surface area contributed by atoms with Gasteiger partial charge in [-0.1, -0.05) is 65.8 Å². The lowest BCUT2D eigenvalue weighted by atomic mass is 10.0. The van der Waals surface area contributed by atoms with Crippen molar-refractivity contribution in [3.8, 4) is 0 Å². The van der Waals surface area contributed by atoms with Gasteiger partial charge in [-0.05, 0) is 18.1 Å². The standard InChI is InChI=1S/C25H30N4O6/c1-17(26)24(31)29(25(32)34-16-19-11-7-4-8-12-19)21(13-18-9-5-3-6-10-18)23(30)27-15-20-14-22(33-2)28-35-20/h3-12,17,20-21H,13-16,26H2,1-2H3,(H,27,30)/t17-,20?,21-/m0/s1. The SMILES string of the molecule is COC1=NOC(CNC(=O)[C@H](Cc2ccccc2)N(C(=O)OCc2ccccc2)C(=O)[C@H](C)N)C1.